The van der Waals surface area contributed by atoms with Crippen LogP contribution in [-0.4, -0.2) is 32.6 Å². The Morgan fingerprint density at radius 2 is 1.86 bits per heavy atom. The molecule has 0 spiro atoms. The van der Waals surface area contributed by atoms with Crippen molar-refractivity contribution in [2.24, 2.45) is 11.8 Å². The molecule has 7 nitrogen and oxygen atoms in total. The second kappa shape index (κ2) is 9.76. The number of sulfonamides is 1. The van der Waals surface area contributed by atoms with Crippen molar-refractivity contribution in [1.82, 2.24) is 0 Å². The van der Waals surface area contributed by atoms with E-state index >= 15 is 0 Å². The Kier molecular flexibility index (Phi) is 7.64. The number of anilines is 2. The van der Waals surface area contributed by atoms with Gasteiger partial charge in [-0.15, -0.1) is 0 Å². The largest absolute Gasteiger partial charge is 0.492 e. The van der Waals surface area contributed by atoms with E-state index in [9.17, 15) is 18.3 Å². The zero-order valence-electron chi connectivity index (χ0n) is 17.1. The average molecular weight is 421 g/mol. The number of amides is 1. The van der Waals surface area contributed by atoms with E-state index in [1.165, 1.54) is 18.2 Å². The number of hydrogen-bond donors (Lipinski definition) is 3. The minimum absolute atomic E-state index is 0.0265. The van der Waals surface area contributed by atoms with Gasteiger partial charge in [-0.05, 0) is 49.6 Å². The van der Waals surface area contributed by atoms with Crippen LogP contribution in [-0.2, 0) is 14.8 Å². The van der Waals surface area contributed by atoms with Gasteiger partial charge in [0, 0.05) is 17.4 Å². The summed E-state index contributed by atoms with van der Waals surface area (Å²) in [6.07, 6.45) is 0. The number of aliphatic hydroxyl groups is 1. The monoisotopic (exact) mass is 420 g/mol. The third-order valence-corrected chi connectivity index (χ3v) is 5.83. The molecule has 0 aliphatic carbocycles. The topological polar surface area (TPSA) is 105 Å². The minimum atomic E-state index is -3.89. The predicted octanol–water partition coefficient (Wildman–Crippen LogP) is 3.40. The number of rotatable bonds is 9. The smallest absolute Gasteiger partial charge is 0.265 e. The van der Waals surface area contributed by atoms with Crippen molar-refractivity contribution in [1.29, 1.82) is 0 Å². The number of aryl methyl sites for hydroxylation is 1. The number of nitrogens with one attached hydrogen (secondary N) is 2. The van der Waals surface area contributed by atoms with E-state index in [-0.39, 0.29) is 35.7 Å². The predicted molar refractivity (Wildman–Crippen MR) is 114 cm³/mol. The fraction of sp³-hybridized carbons (Fsp3) is 0.381. The van der Waals surface area contributed by atoms with Gasteiger partial charge in [0.05, 0.1) is 19.1 Å². The Labute approximate surface area is 172 Å². The summed E-state index contributed by atoms with van der Waals surface area (Å²) >= 11 is 0. The van der Waals surface area contributed by atoms with Crippen LogP contribution >= 0.6 is 0 Å². The summed E-state index contributed by atoms with van der Waals surface area (Å²) in [6, 6.07) is 11.4. The van der Waals surface area contributed by atoms with Gasteiger partial charge in [0.2, 0.25) is 5.91 Å². The lowest BCUT2D eigenvalue weighted by atomic mass is 9.96. The van der Waals surface area contributed by atoms with Crippen LogP contribution in [0.3, 0.4) is 0 Å². The molecule has 1 atom stereocenters. The van der Waals surface area contributed by atoms with Gasteiger partial charge in [-0.1, -0.05) is 26.0 Å². The van der Waals surface area contributed by atoms with Crippen molar-refractivity contribution in [2.75, 3.05) is 23.3 Å². The van der Waals surface area contributed by atoms with Gasteiger partial charge in [0.15, 0.2) is 0 Å². The summed E-state index contributed by atoms with van der Waals surface area (Å²) in [5, 5.41) is 12.1. The summed E-state index contributed by atoms with van der Waals surface area (Å²) in [7, 11) is -3.89. The molecule has 158 valence electrons. The van der Waals surface area contributed by atoms with Crippen LogP contribution in [0.5, 0.6) is 5.75 Å². The number of ether oxygens (including phenoxy) is 1. The fourth-order valence-corrected chi connectivity index (χ4v) is 4.00. The average Bonchev–Trinajstić information content (AvgIpc) is 2.61. The van der Waals surface area contributed by atoms with Crippen LogP contribution in [0.25, 0.3) is 0 Å². The van der Waals surface area contributed by atoms with E-state index in [2.05, 4.69) is 10.0 Å². The first-order valence-corrected chi connectivity index (χ1v) is 10.9. The summed E-state index contributed by atoms with van der Waals surface area (Å²) in [4.78, 5) is 12.3. The summed E-state index contributed by atoms with van der Waals surface area (Å²) in [6.45, 7) is 7.30. The molecule has 0 aliphatic heterocycles. The van der Waals surface area contributed by atoms with Crippen molar-refractivity contribution < 1.29 is 23.1 Å². The first kappa shape index (κ1) is 22.7. The molecule has 0 saturated heterocycles. The Hall–Kier alpha value is -2.58. The van der Waals surface area contributed by atoms with Crippen molar-refractivity contribution in [3.63, 3.8) is 0 Å². The fourth-order valence-electron chi connectivity index (χ4n) is 2.83. The maximum atomic E-state index is 12.9. The lowest BCUT2D eigenvalue weighted by Gasteiger charge is -2.19. The molecule has 0 radical (unpaired) electrons. The third-order valence-electron chi connectivity index (χ3n) is 4.41. The maximum absolute atomic E-state index is 12.9. The lowest BCUT2D eigenvalue weighted by Crippen LogP contribution is -2.29. The molecule has 29 heavy (non-hydrogen) atoms. The second-order valence-corrected chi connectivity index (χ2v) is 8.74. The molecule has 8 heteroatoms. The van der Waals surface area contributed by atoms with E-state index in [1.54, 1.807) is 25.1 Å². The standard InChI is InChI=1S/C21H28N2O5S/c1-5-28-19-12-16(22-21(25)18(13-24)14(2)3)9-10-20(19)29(26,27)23-17-8-6-7-15(4)11-17/h6-12,14,18,23-24H,5,13H2,1-4H3,(H,22,25)/t18-/m0/s1. The second-order valence-electron chi connectivity index (χ2n) is 7.09. The zero-order chi connectivity index (χ0) is 21.6. The molecular weight excluding hydrogens is 392 g/mol. The van der Waals surface area contributed by atoms with Gasteiger partial charge in [0.1, 0.15) is 10.6 Å². The van der Waals surface area contributed by atoms with Gasteiger partial charge in [-0.25, -0.2) is 8.42 Å². The molecule has 1 amide bonds. The number of benzene rings is 2. The maximum Gasteiger partial charge on any atom is 0.265 e. The Morgan fingerprint density at radius 1 is 1.14 bits per heavy atom. The molecule has 0 aliphatic rings. The number of aliphatic hydroxyl groups excluding tert-OH is 1. The zero-order valence-corrected chi connectivity index (χ0v) is 17.9. The van der Waals surface area contributed by atoms with E-state index in [4.69, 9.17) is 4.74 Å². The highest BCUT2D eigenvalue weighted by Crippen LogP contribution is 2.30. The molecule has 0 fully saturated rings. The van der Waals surface area contributed by atoms with Crippen LogP contribution in [0.15, 0.2) is 47.4 Å². The quantitative estimate of drug-likeness (QED) is 0.577. The molecule has 2 aromatic rings. The van der Waals surface area contributed by atoms with Crippen LogP contribution in [0.4, 0.5) is 11.4 Å². The van der Waals surface area contributed by atoms with Crippen molar-refractivity contribution in [3.8, 4) is 5.75 Å². The molecule has 0 aromatic heterocycles. The van der Waals surface area contributed by atoms with E-state index in [1.807, 2.05) is 26.8 Å². The molecule has 2 aromatic carbocycles. The SMILES string of the molecule is CCOc1cc(NC(=O)[C@@H](CO)C(C)C)ccc1S(=O)(=O)Nc1cccc(C)c1. The molecular formula is C21H28N2O5S. The molecule has 3 N–H and O–H groups in total. The Balaban J connectivity index is 2.32. The van der Waals surface area contributed by atoms with Gasteiger partial charge in [-0.2, -0.15) is 0 Å². The first-order valence-electron chi connectivity index (χ1n) is 9.46. The van der Waals surface area contributed by atoms with Crippen LogP contribution in [0.1, 0.15) is 26.3 Å². The highest BCUT2D eigenvalue weighted by Gasteiger charge is 2.24. The van der Waals surface area contributed by atoms with E-state index in [0.717, 1.165) is 5.56 Å². The van der Waals surface area contributed by atoms with Crippen molar-refractivity contribution in [3.05, 3.63) is 48.0 Å². The van der Waals surface area contributed by atoms with E-state index in [0.29, 0.717) is 11.4 Å². The van der Waals surface area contributed by atoms with E-state index < -0.39 is 15.9 Å². The van der Waals surface area contributed by atoms with Gasteiger partial charge < -0.3 is 15.2 Å². The molecule has 0 saturated carbocycles. The van der Waals surface area contributed by atoms with Crippen molar-refractivity contribution in [2.45, 2.75) is 32.6 Å². The number of carbonyl (C=O) groups excluding carboxylic acids is 1. The highest BCUT2D eigenvalue weighted by atomic mass is 32.2. The lowest BCUT2D eigenvalue weighted by molar-refractivity contribution is -0.122. The summed E-state index contributed by atoms with van der Waals surface area (Å²) in [5.41, 5.74) is 1.77. The summed E-state index contributed by atoms with van der Waals surface area (Å²) < 4.78 is 33.8. The third kappa shape index (κ3) is 5.95. The summed E-state index contributed by atoms with van der Waals surface area (Å²) in [5.74, 6) is -0.796. The highest BCUT2D eigenvalue weighted by molar-refractivity contribution is 7.92. The van der Waals surface area contributed by atoms with Crippen LogP contribution in [0, 0.1) is 18.8 Å². The van der Waals surface area contributed by atoms with Gasteiger partial charge >= 0.3 is 0 Å². The molecule has 0 unspecified atom stereocenters. The molecule has 2 rings (SSSR count). The molecule has 0 heterocycles. The molecule has 0 bridgehead atoms. The normalized spacial score (nSPS) is 12.5. The minimum Gasteiger partial charge on any atom is -0.492 e. The Morgan fingerprint density at radius 3 is 2.45 bits per heavy atom. The number of carbonyl (C=O) groups is 1. The van der Waals surface area contributed by atoms with Crippen LogP contribution in [0.2, 0.25) is 0 Å². The van der Waals surface area contributed by atoms with Gasteiger partial charge in [-0.3, -0.25) is 9.52 Å². The van der Waals surface area contributed by atoms with Crippen LogP contribution < -0.4 is 14.8 Å². The Bertz CT molecular complexity index is 957. The van der Waals surface area contributed by atoms with Gasteiger partial charge in [0.25, 0.3) is 10.0 Å². The van der Waals surface area contributed by atoms with Crippen molar-refractivity contribution >= 4 is 27.3 Å². The first-order chi connectivity index (χ1) is 13.7. The number of hydrogen-bond acceptors (Lipinski definition) is 5.